The fourth-order valence-electron chi connectivity index (χ4n) is 1.36. The number of nitrogen functional groups attached to an aromatic ring is 1. The van der Waals surface area contributed by atoms with Crippen molar-refractivity contribution in [3.8, 4) is 5.75 Å². The maximum absolute atomic E-state index is 12.7. The Morgan fingerprint density at radius 1 is 1.41 bits per heavy atom. The summed E-state index contributed by atoms with van der Waals surface area (Å²) in [6, 6.07) is 5.13. The fourth-order valence-corrected chi connectivity index (χ4v) is 1.36. The van der Waals surface area contributed by atoms with E-state index in [0.29, 0.717) is 0 Å². The van der Waals surface area contributed by atoms with Crippen LogP contribution in [0.15, 0.2) is 30.5 Å². The van der Waals surface area contributed by atoms with Crippen LogP contribution in [0.1, 0.15) is 10.5 Å². The van der Waals surface area contributed by atoms with E-state index in [-0.39, 0.29) is 17.1 Å². The number of nitrogens with zero attached hydrogens (tertiary/aromatic N) is 2. The van der Waals surface area contributed by atoms with Gasteiger partial charge in [-0.2, -0.15) is 5.10 Å². The number of nitrogens with two attached hydrogens (primary N) is 1. The van der Waals surface area contributed by atoms with Crippen LogP contribution < -0.4 is 10.5 Å². The number of anilines is 1. The lowest BCUT2D eigenvalue weighted by Crippen LogP contribution is -2.15. The Bertz CT molecular complexity index is 529. The summed E-state index contributed by atoms with van der Waals surface area (Å²) in [4.78, 5) is 11.7. The van der Waals surface area contributed by atoms with Gasteiger partial charge in [-0.05, 0) is 24.3 Å². The lowest BCUT2D eigenvalue weighted by Gasteiger charge is -2.05. The van der Waals surface area contributed by atoms with Crippen LogP contribution in [0, 0.1) is 5.82 Å². The largest absolute Gasteiger partial charge is 0.422 e. The van der Waals surface area contributed by atoms with Crippen LogP contribution >= 0.6 is 0 Å². The van der Waals surface area contributed by atoms with Crippen LogP contribution in [0.4, 0.5) is 10.1 Å². The number of hydrogen-bond acceptors (Lipinski definition) is 4. The summed E-state index contributed by atoms with van der Waals surface area (Å²) in [5, 5.41) is 3.82. The van der Waals surface area contributed by atoms with Crippen molar-refractivity contribution in [1.82, 2.24) is 9.78 Å². The Labute approximate surface area is 96.6 Å². The first-order chi connectivity index (χ1) is 8.08. The normalized spacial score (nSPS) is 10.2. The van der Waals surface area contributed by atoms with Gasteiger partial charge in [0.05, 0.1) is 11.9 Å². The van der Waals surface area contributed by atoms with Crippen molar-refractivity contribution in [2.75, 3.05) is 5.73 Å². The molecule has 2 rings (SSSR count). The van der Waals surface area contributed by atoms with Gasteiger partial charge in [-0.15, -0.1) is 0 Å². The Hall–Kier alpha value is -2.37. The van der Waals surface area contributed by atoms with Crippen LogP contribution in [0.5, 0.6) is 5.75 Å². The van der Waals surface area contributed by atoms with Gasteiger partial charge in [-0.3, -0.25) is 4.68 Å². The van der Waals surface area contributed by atoms with Crippen LogP contribution in [0.25, 0.3) is 0 Å². The number of aryl methyl sites for hydroxylation is 1. The van der Waals surface area contributed by atoms with Crippen LogP contribution in [-0.4, -0.2) is 15.7 Å². The number of benzene rings is 1. The number of rotatable bonds is 2. The van der Waals surface area contributed by atoms with Gasteiger partial charge in [-0.1, -0.05) is 0 Å². The molecule has 0 aliphatic heterocycles. The zero-order valence-electron chi connectivity index (χ0n) is 9.05. The van der Waals surface area contributed by atoms with E-state index in [2.05, 4.69) is 5.10 Å². The molecule has 0 spiro atoms. The van der Waals surface area contributed by atoms with Crippen molar-refractivity contribution >= 4 is 11.7 Å². The number of carbonyl (C=O) groups is 1. The minimum absolute atomic E-state index is 0.161. The molecule has 1 aromatic carbocycles. The third-order valence-electron chi connectivity index (χ3n) is 2.18. The van der Waals surface area contributed by atoms with Gasteiger partial charge in [0, 0.05) is 7.05 Å². The number of carbonyl (C=O) groups excluding carboxylic acids is 1. The van der Waals surface area contributed by atoms with Crippen LogP contribution in [0.3, 0.4) is 0 Å². The molecule has 1 heterocycles. The van der Waals surface area contributed by atoms with Gasteiger partial charge >= 0.3 is 5.97 Å². The molecule has 6 heteroatoms. The summed E-state index contributed by atoms with van der Waals surface area (Å²) in [5.74, 6) is -0.782. The van der Waals surface area contributed by atoms with E-state index in [1.54, 1.807) is 7.05 Å². The lowest BCUT2D eigenvalue weighted by atomic mass is 10.3. The lowest BCUT2D eigenvalue weighted by molar-refractivity contribution is 0.0724. The monoisotopic (exact) mass is 235 g/mol. The Morgan fingerprint density at radius 2 is 2.06 bits per heavy atom. The molecule has 88 valence electrons. The number of aromatic nitrogens is 2. The van der Waals surface area contributed by atoms with E-state index in [4.69, 9.17) is 10.5 Å². The molecule has 0 saturated heterocycles. The van der Waals surface area contributed by atoms with Crippen molar-refractivity contribution in [2.45, 2.75) is 0 Å². The number of ether oxygens (including phenoxy) is 1. The number of halogens is 1. The summed E-state index contributed by atoms with van der Waals surface area (Å²) in [6.07, 6.45) is 1.36. The van der Waals surface area contributed by atoms with Gasteiger partial charge in [0.15, 0.2) is 5.69 Å². The van der Waals surface area contributed by atoms with Gasteiger partial charge in [0.25, 0.3) is 0 Å². The molecule has 0 saturated carbocycles. The summed E-state index contributed by atoms with van der Waals surface area (Å²) in [5.41, 5.74) is 5.97. The molecule has 2 N–H and O–H groups in total. The Morgan fingerprint density at radius 3 is 2.59 bits per heavy atom. The SMILES string of the molecule is Cn1ncc(N)c1C(=O)Oc1ccc(F)cc1. The van der Waals surface area contributed by atoms with Crippen LogP contribution in [0.2, 0.25) is 0 Å². The highest BCUT2D eigenvalue weighted by Crippen LogP contribution is 2.16. The maximum atomic E-state index is 12.7. The van der Waals surface area contributed by atoms with Crippen molar-refractivity contribution < 1.29 is 13.9 Å². The second-order valence-electron chi connectivity index (χ2n) is 3.42. The smallest absolute Gasteiger partial charge is 0.364 e. The van der Waals surface area contributed by atoms with E-state index >= 15 is 0 Å². The standard InChI is InChI=1S/C11H10FN3O2/c1-15-10(9(13)6-14-15)11(16)17-8-4-2-7(12)3-5-8/h2-6H,13H2,1H3. The predicted molar refractivity (Wildman–Crippen MR) is 59.0 cm³/mol. The summed E-state index contributed by atoms with van der Waals surface area (Å²) in [6.45, 7) is 0. The Balaban J connectivity index is 2.20. The minimum atomic E-state index is -0.630. The highest BCUT2D eigenvalue weighted by atomic mass is 19.1. The molecule has 0 atom stereocenters. The third kappa shape index (κ3) is 2.25. The maximum Gasteiger partial charge on any atom is 0.364 e. The second-order valence-corrected chi connectivity index (χ2v) is 3.42. The van der Waals surface area contributed by atoms with Gasteiger partial charge in [0.1, 0.15) is 11.6 Å². The molecule has 2 aromatic rings. The molecule has 0 aliphatic carbocycles. The first-order valence-corrected chi connectivity index (χ1v) is 4.83. The highest BCUT2D eigenvalue weighted by Gasteiger charge is 2.17. The van der Waals surface area contributed by atoms with Crippen LogP contribution in [-0.2, 0) is 7.05 Å². The molecule has 0 unspecified atom stereocenters. The van der Waals surface area contributed by atoms with Gasteiger partial charge in [0.2, 0.25) is 0 Å². The number of hydrogen-bond donors (Lipinski definition) is 1. The average Bonchev–Trinajstić information content (AvgIpc) is 2.62. The summed E-state index contributed by atoms with van der Waals surface area (Å²) < 4.78 is 19.0. The van der Waals surface area contributed by atoms with Gasteiger partial charge in [-0.25, -0.2) is 9.18 Å². The summed E-state index contributed by atoms with van der Waals surface area (Å²) in [7, 11) is 1.58. The Kier molecular flexibility index (Phi) is 2.78. The fraction of sp³-hybridized carbons (Fsp3) is 0.0909. The van der Waals surface area contributed by atoms with E-state index in [9.17, 15) is 9.18 Å². The van der Waals surface area contributed by atoms with E-state index in [1.807, 2.05) is 0 Å². The van der Waals surface area contributed by atoms with E-state index in [0.717, 1.165) is 0 Å². The molecule has 17 heavy (non-hydrogen) atoms. The number of esters is 1. The zero-order valence-corrected chi connectivity index (χ0v) is 9.05. The first-order valence-electron chi connectivity index (χ1n) is 4.83. The molecule has 0 bridgehead atoms. The first kappa shape index (κ1) is 11.1. The van der Waals surface area contributed by atoms with Crippen molar-refractivity contribution in [3.05, 3.63) is 42.0 Å². The molecular formula is C11H10FN3O2. The second kappa shape index (κ2) is 4.25. The van der Waals surface area contributed by atoms with E-state index < -0.39 is 11.8 Å². The predicted octanol–water partition coefficient (Wildman–Crippen LogP) is 1.36. The van der Waals surface area contributed by atoms with E-state index in [1.165, 1.54) is 35.1 Å². The molecular weight excluding hydrogens is 225 g/mol. The van der Waals surface area contributed by atoms with Crippen molar-refractivity contribution in [3.63, 3.8) is 0 Å². The summed E-state index contributed by atoms with van der Waals surface area (Å²) >= 11 is 0. The molecule has 1 aromatic heterocycles. The molecule has 0 aliphatic rings. The van der Waals surface area contributed by atoms with Crippen molar-refractivity contribution in [1.29, 1.82) is 0 Å². The highest BCUT2D eigenvalue weighted by molar-refractivity contribution is 5.94. The molecule has 5 nitrogen and oxygen atoms in total. The quantitative estimate of drug-likeness (QED) is 0.630. The average molecular weight is 235 g/mol. The molecule has 0 amide bonds. The molecule has 0 radical (unpaired) electrons. The molecule has 0 fully saturated rings. The van der Waals surface area contributed by atoms with Crippen molar-refractivity contribution in [2.24, 2.45) is 7.05 Å². The zero-order chi connectivity index (χ0) is 12.4. The minimum Gasteiger partial charge on any atom is -0.422 e. The van der Waals surface area contributed by atoms with Gasteiger partial charge < -0.3 is 10.5 Å². The third-order valence-corrected chi connectivity index (χ3v) is 2.18. The topological polar surface area (TPSA) is 70.1 Å².